The second kappa shape index (κ2) is 4.02. The second-order valence-corrected chi connectivity index (χ2v) is 5.39. The maximum atomic E-state index is 11.4. The molecule has 3 nitrogen and oxygen atoms in total. The molecule has 1 aliphatic rings. The van der Waals surface area contributed by atoms with E-state index in [4.69, 9.17) is 4.74 Å². The minimum absolute atomic E-state index is 0.683. The van der Waals surface area contributed by atoms with Gasteiger partial charge in [0.05, 0.1) is 12.5 Å². The fourth-order valence-electron chi connectivity index (χ4n) is 2.37. The maximum absolute atomic E-state index is 11.4. The lowest BCUT2D eigenvalue weighted by Crippen LogP contribution is -2.22. The van der Waals surface area contributed by atoms with Crippen LogP contribution in [0.25, 0.3) is 0 Å². The van der Waals surface area contributed by atoms with Gasteiger partial charge in [0.2, 0.25) is 0 Å². The highest BCUT2D eigenvalue weighted by Gasteiger charge is 2.54. The van der Waals surface area contributed by atoms with Crippen molar-refractivity contribution in [2.24, 2.45) is 0 Å². The minimum atomic E-state index is -0.755. The Morgan fingerprint density at radius 3 is 2.47 bits per heavy atom. The molecule has 0 aliphatic heterocycles. The Morgan fingerprint density at radius 2 is 2.06 bits per heavy atom. The van der Waals surface area contributed by atoms with E-state index in [0.29, 0.717) is 18.6 Å². The van der Waals surface area contributed by atoms with Crippen LogP contribution in [-0.4, -0.2) is 18.2 Å². The molecule has 0 unspecified atom stereocenters. The fraction of sp³-hybridized carbons (Fsp3) is 0.462. The summed E-state index contributed by atoms with van der Waals surface area (Å²) in [5.41, 5.74) is 2.13. The van der Waals surface area contributed by atoms with Crippen molar-refractivity contribution in [1.82, 2.24) is 0 Å². The number of methoxy groups -OCH3 is 1. The SMILES string of the molecule is COc1cc(C)c(Br)c(C)c1C1(C(=O)O)CC1. The molecule has 92 valence electrons. The molecule has 0 saturated heterocycles. The van der Waals surface area contributed by atoms with Gasteiger partial charge in [-0.3, -0.25) is 4.79 Å². The van der Waals surface area contributed by atoms with Crippen LogP contribution in [0.5, 0.6) is 5.75 Å². The van der Waals surface area contributed by atoms with Crippen molar-refractivity contribution in [2.45, 2.75) is 32.1 Å². The van der Waals surface area contributed by atoms with E-state index in [-0.39, 0.29) is 0 Å². The van der Waals surface area contributed by atoms with E-state index in [9.17, 15) is 9.90 Å². The second-order valence-electron chi connectivity index (χ2n) is 4.60. The zero-order chi connectivity index (χ0) is 12.8. The molecule has 1 fully saturated rings. The number of aryl methyl sites for hydroxylation is 1. The molecule has 0 amide bonds. The van der Waals surface area contributed by atoms with Crippen LogP contribution < -0.4 is 4.74 Å². The number of rotatable bonds is 3. The third kappa shape index (κ3) is 1.75. The molecule has 0 bridgehead atoms. The molecule has 1 aliphatic carbocycles. The van der Waals surface area contributed by atoms with E-state index in [1.54, 1.807) is 7.11 Å². The van der Waals surface area contributed by atoms with Crippen LogP contribution in [0.4, 0.5) is 0 Å². The standard InChI is InChI=1S/C13H15BrO3/c1-7-6-9(17-3)10(8(2)11(7)14)13(4-5-13)12(15)16/h6H,4-5H2,1-3H3,(H,15,16). The van der Waals surface area contributed by atoms with Crippen LogP contribution in [0.2, 0.25) is 0 Å². The summed E-state index contributed by atoms with van der Waals surface area (Å²) in [5, 5.41) is 9.39. The van der Waals surface area contributed by atoms with Gasteiger partial charge in [-0.25, -0.2) is 0 Å². The molecular weight excluding hydrogens is 284 g/mol. The highest BCUT2D eigenvalue weighted by molar-refractivity contribution is 9.10. The van der Waals surface area contributed by atoms with Crippen LogP contribution in [0.3, 0.4) is 0 Å². The zero-order valence-electron chi connectivity index (χ0n) is 10.1. The number of carboxylic acid groups (broad SMARTS) is 1. The Hall–Kier alpha value is -1.03. The van der Waals surface area contributed by atoms with E-state index in [1.165, 1.54) is 0 Å². The van der Waals surface area contributed by atoms with Crippen molar-refractivity contribution in [2.75, 3.05) is 7.11 Å². The Morgan fingerprint density at radius 1 is 1.47 bits per heavy atom. The summed E-state index contributed by atoms with van der Waals surface area (Å²) in [6.45, 7) is 3.92. The molecule has 2 rings (SSSR count). The topological polar surface area (TPSA) is 46.5 Å². The maximum Gasteiger partial charge on any atom is 0.314 e. The molecule has 0 aromatic heterocycles. The Balaban J connectivity index is 2.68. The monoisotopic (exact) mass is 298 g/mol. The first-order valence-corrected chi connectivity index (χ1v) is 6.31. The third-order valence-electron chi connectivity index (χ3n) is 3.50. The number of hydrogen-bond acceptors (Lipinski definition) is 2. The van der Waals surface area contributed by atoms with Crippen molar-refractivity contribution in [3.8, 4) is 5.75 Å². The molecule has 4 heteroatoms. The van der Waals surface area contributed by atoms with E-state index in [2.05, 4.69) is 15.9 Å². The summed E-state index contributed by atoms with van der Waals surface area (Å²) in [6.07, 6.45) is 1.38. The summed E-state index contributed by atoms with van der Waals surface area (Å²) in [6, 6.07) is 1.90. The van der Waals surface area contributed by atoms with E-state index in [0.717, 1.165) is 21.2 Å². The number of benzene rings is 1. The number of aliphatic carboxylic acids is 1. The van der Waals surface area contributed by atoms with Gasteiger partial charge in [0.15, 0.2) is 0 Å². The molecule has 0 atom stereocenters. The van der Waals surface area contributed by atoms with Crippen LogP contribution in [0.15, 0.2) is 10.5 Å². The minimum Gasteiger partial charge on any atom is -0.496 e. The van der Waals surface area contributed by atoms with Crippen LogP contribution in [-0.2, 0) is 10.2 Å². The Labute approximate surface area is 109 Å². The smallest absolute Gasteiger partial charge is 0.314 e. The number of hydrogen-bond donors (Lipinski definition) is 1. The Bertz CT molecular complexity index is 490. The molecule has 0 radical (unpaired) electrons. The Kier molecular flexibility index (Phi) is 2.94. The third-order valence-corrected chi connectivity index (χ3v) is 4.72. The van der Waals surface area contributed by atoms with Crippen molar-refractivity contribution < 1.29 is 14.6 Å². The zero-order valence-corrected chi connectivity index (χ0v) is 11.7. The van der Waals surface area contributed by atoms with Gasteiger partial charge in [-0.1, -0.05) is 15.9 Å². The lowest BCUT2D eigenvalue weighted by Gasteiger charge is -2.20. The molecule has 1 aromatic rings. The van der Waals surface area contributed by atoms with Gasteiger partial charge in [-0.2, -0.15) is 0 Å². The van der Waals surface area contributed by atoms with Crippen LogP contribution >= 0.6 is 15.9 Å². The summed E-state index contributed by atoms with van der Waals surface area (Å²) < 4.78 is 6.33. The first kappa shape index (κ1) is 12.4. The van der Waals surface area contributed by atoms with Gasteiger partial charge in [0.25, 0.3) is 0 Å². The van der Waals surface area contributed by atoms with E-state index < -0.39 is 11.4 Å². The predicted octanol–water partition coefficient (Wildman–Crippen LogP) is 3.19. The molecule has 1 saturated carbocycles. The van der Waals surface area contributed by atoms with Gasteiger partial charge in [-0.05, 0) is 43.9 Å². The van der Waals surface area contributed by atoms with Gasteiger partial charge in [0.1, 0.15) is 5.75 Å². The van der Waals surface area contributed by atoms with Crippen LogP contribution in [0, 0.1) is 13.8 Å². The molecular formula is C13H15BrO3. The number of halogens is 1. The average molecular weight is 299 g/mol. The highest BCUT2D eigenvalue weighted by Crippen LogP contribution is 2.54. The van der Waals surface area contributed by atoms with Crippen molar-refractivity contribution >= 4 is 21.9 Å². The first-order valence-electron chi connectivity index (χ1n) is 5.51. The number of carboxylic acids is 1. The fourth-order valence-corrected chi connectivity index (χ4v) is 2.69. The van der Waals surface area contributed by atoms with Gasteiger partial charge in [-0.15, -0.1) is 0 Å². The van der Waals surface area contributed by atoms with Crippen molar-refractivity contribution in [3.05, 3.63) is 27.2 Å². The van der Waals surface area contributed by atoms with Crippen LogP contribution in [0.1, 0.15) is 29.5 Å². The average Bonchev–Trinajstić information content (AvgIpc) is 3.06. The molecule has 1 aromatic carbocycles. The van der Waals surface area contributed by atoms with Gasteiger partial charge in [0, 0.05) is 10.0 Å². The number of ether oxygens (including phenoxy) is 1. The normalized spacial score (nSPS) is 16.7. The number of carbonyl (C=O) groups is 1. The summed E-state index contributed by atoms with van der Waals surface area (Å²) >= 11 is 3.51. The predicted molar refractivity (Wildman–Crippen MR) is 68.7 cm³/mol. The largest absolute Gasteiger partial charge is 0.496 e. The van der Waals surface area contributed by atoms with E-state index >= 15 is 0 Å². The molecule has 1 N–H and O–H groups in total. The van der Waals surface area contributed by atoms with Gasteiger partial charge >= 0.3 is 5.97 Å². The summed E-state index contributed by atoms with van der Waals surface area (Å²) in [4.78, 5) is 11.4. The molecule has 17 heavy (non-hydrogen) atoms. The quantitative estimate of drug-likeness (QED) is 0.932. The van der Waals surface area contributed by atoms with Crippen molar-refractivity contribution in [3.63, 3.8) is 0 Å². The first-order chi connectivity index (χ1) is 7.94. The van der Waals surface area contributed by atoms with E-state index in [1.807, 2.05) is 19.9 Å². The van der Waals surface area contributed by atoms with Crippen molar-refractivity contribution in [1.29, 1.82) is 0 Å². The van der Waals surface area contributed by atoms with Gasteiger partial charge < -0.3 is 9.84 Å². The molecule has 0 spiro atoms. The highest BCUT2D eigenvalue weighted by atomic mass is 79.9. The molecule has 0 heterocycles. The summed E-state index contributed by atoms with van der Waals surface area (Å²) in [5.74, 6) is -0.0715. The lowest BCUT2D eigenvalue weighted by molar-refractivity contribution is -0.140. The lowest BCUT2D eigenvalue weighted by atomic mass is 9.90. The summed E-state index contributed by atoms with van der Waals surface area (Å²) in [7, 11) is 1.59.